The lowest BCUT2D eigenvalue weighted by Gasteiger charge is -2.36. The van der Waals surface area contributed by atoms with Crippen LogP contribution in [-0.4, -0.2) is 153 Å². The number of pyridine rings is 1. The number of benzene rings is 4. The lowest BCUT2D eigenvalue weighted by molar-refractivity contribution is -0.145. The molecule has 82 heavy (non-hydrogen) atoms. The molecule has 5 fully saturated rings. The molecule has 5 aliphatic rings. The number of halogens is 3. The monoisotopic (exact) mass is 1120 g/mol. The van der Waals surface area contributed by atoms with Crippen molar-refractivity contribution >= 4 is 45.2 Å². The average molecular weight is 1120 g/mol. The number of rotatable bonds is 17. The van der Waals surface area contributed by atoms with Gasteiger partial charge < -0.3 is 55.4 Å². The Hall–Kier alpha value is -7.41. The molecule has 20 heteroatoms. The van der Waals surface area contributed by atoms with Crippen molar-refractivity contribution in [3.63, 3.8) is 0 Å². The molecular formula is C62H68F3N9O8. The summed E-state index contributed by atoms with van der Waals surface area (Å²) in [6.07, 6.45) is 11.2. The summed E-state index contributed by atoms with van der Waals surface area (Å²) in [6.45, 7) is 8.03. The summed E-state index contributed by atoms with van der Waals surface area (Å²) in [5.74, 6) is -0.768. The number of terminal acetylenes is 1. The van der Waals surface area contributed by atoms with Gasteiger partial charge in [0.15, 0.2) is 5.82 Å². The number of aromatic hydroxyl groups is 1. The summed E-state index contributed by atoms with van der Waals surface area (Å²) in [6, 6.07) is 16.0. The maximum atomic E-state index is 17.2. The largest absolute Gasteiger partial charge is 0.508 e. The van der Waals surface area contributed by atoms with E-state index in [2.05, 4.69) is 41.6 Å². The van der Waals surface area contributed by atoms with E-state index in [-0.39, 0.29) is 95.1 Å². The van der Waals surface area contributed by atoms with Crippen molar-refractivity contribution in [3.8, 4) is 46.5 Å². The number of amides is 3. The minimum absolute atomic E-state index is 0.00116. The first-order chi connectivity index (χ1) is 39.4. The molecule has 430 valence electrons. The van der Waals surface area contributed by atoms with Crippen LogP contribution in [0.5, 0.6) is 11.8 Å². The summed E-state index contributed by atoms with van der Waals surface area (Å²) < 4.78 is 59.5. The van der Waals surface area contributed by atoms with Crippen LogP contribution in [0.15, 0.2) is 79.0 Å². The van der Waals surface area contributed by atoms with Gasteiger partial charge in [0.2, 0.25) is 17.7 Å². The molecule has 2 unspecified atom stereocenters. The zero-order valence-electron chi connectivity index (χ0n) is 46.1. The van der Waals surface area contributed by atoms with Gasteiger partial charge in [0.25, 0.3) is 0 Å². The van der Waals surface area contributed by atoms with Gasteiger partial charge in [0.05, 0.1) is 42.4 Å². The predicted octanol–water partition coefficient (Wildman–Crippen LogP) is 6.54. The number of ether oxygens (including phenoxy) is 2. The number of aliphatic hydroxyl groups is 2. The fourth-order valence-electron chi connectivity index (χ4n) is 12.4. The molecule has 1 aliphatic carbocycles. The molecule has 6 N–H and O–H groups in total. The minimum Gasteiger partial charge on any atom is -0.508 e. The van der Waals surface area contributed by atoms with E-state index in [4.69, 9.17) is 20.9 Å². The van der Waals surface area contributed by atoms with Gasteiger partial charge in [-0.3, -0.25) is 19.4 Å². The van der Waals surface area contributed by atoms with Crippen molar-refractivity contribution in [2.75, 3.05) is 64.0 Å². The number of β-amino-alcohol motifs (C(OH)–C–C–N with tert-alkyl or cyclic N) is 1. The van der Waals surface area contributed by atoms with Gasteiger partial charge in [-0.25, -0.2) is 13.2 Å². The van der Waals surface area contributed by atoms with Crippen molar-refractivity contribution in [1.29, 1.82) is 0 Å². The molecule has 17 nitrogen and oxygen atoms in total. The highest BCUT2D eigenvalue weighted by atomic mass is 19.1. The number of anilines is 1. The number of carbonyl (C=O) groups excluding carboxylic acids is 3. The fraction of sp³-hybridized carbons (Fsp3) is 0.452. The van der Waals surface area contributed by atoms with Gasteiger partial charge in [-0.2, -0.15) is 9.97 Å². The zero-order chi connectivity index (χ0) is 57.6. The Balaban J connectivity index is 0.730. The van der Waals surface area contributed by atoms with E-state index in [0.29, 0.717) is 65.9 Å². The summed E-state index contributed by atoms with van der Waals surface area (Å²) in [4.78, 5) is 61.9. The Labute approximate surface area is 473 Å². The third-order valence-electron chi connectivity index (χ3n) is 16.8. The Bertz CT molecular complexity index is 3450. The highest BCUT2D eigenvalue weighted by molar-refractivity contribution is 6.03. The number of fused-ring (bicyclic) bond motifs is 4. The number of phenolic OH excluding ortho intramolecular Hbond substituents is 1. The van der Waals surface area contributed by atoms with Crippen molar-refractivity contribution < 1.29 is 52.3 Å². The highest BCUT2D eigenvalue weighted by Crippen LogP contribution is 2.47. The Morgan fingerprint density at radius 1 is 0.927 bits per heavy atom. The van der Waals surface area contributed by atoms with E-state index in [1.165, 1.54) is 41.4 Å². The quantitative estimate of drug-likeness (QED) is 0.0536. The van der Waals surface area contributed by atoms with Crippen LogP contribution in [0.25, 0.3) is 44.1 Å². The van der Waals surface area contributed by atoms with Crippen LogP contribution in [0.4, 0.5) is 19.0 Å². The molecule has 6 heterocycles. The van der Waals surface area contributed by atoms with Crippen LogP contribution in [0, 0.1) is 40.6 Å². The molecule has 0 radical (unpaired) electrons. The van der Waals surface area contributed by atoms with Gasteiger partial charge in [-0.1, -0.05) is 75.2 Å². The van der Waals surface area contributed by atoms with Crippen LogP contribution in [-0.2, 0) is 19.1 Å². The standard InChI is InChI=1S/C62H68F3N9O8/c1-5-43-48(64)19-16-37-23-40(76)24-45(52(37)43)54-53(65)55-46(26-66-54)57(73-27-38-17-18-39(28-73)67-38)71-60(70-55)82-34-62(20-21-62)33-72-22-8-9-42(30-72)81-32-51(78)69-56(61(2,3)4)59(80)74-29-41(77)25-50(74)58(79)68-49(31-75)36-14-12-35(13-15-36)44-10-6-7-11-47(44)63/h1,6-7,10-16,19,23-24,26,38-39,41-42,49-50,56,67,75-77H,8-9,17-18,20-22,25,27-34H2,2-4H3,(H,68,79)(H,69,78)/t38?,39?,41-,42+,49+,50+,56-/m1/s1. The zero-order valence-corrected chi connectivity index (χ0v) is 46.1. The number of phenols is 1. The number of hydrogen-bond acceptors (Lipinski definition) is 14. The van der Waals surface area contributed by atoms with Crippen molar-refractivity contribution in [3.05, 3.63) is 108 Å². The Kier molecular flexibility index (Phi) is 15.9. The van der Waals surface area contributed by atoms with Crippen LogP contribution in [0.3, 0.4) is 0 Å². The van der Waals surface area contributed by atoms with Gasteiger partial charge in [0, 0.05) is 79.4 Å². The number of nitrogens with zero attached hydrogens (tertiary/aromatic N) is 6. The number of aromatic nitrogens is 3. The maximum absolute atomic E-state index is 17.2. The second kappa shape index (κ2) is 23.1. The predicted molar refractivity (Wildman–Crippen MR) is 302 cm³/mol. The van der Waals surface area contributed by atoms with E-state index in [0.717, 1.165) is 38.6 Å². The molecule has 2 aromatic heterocycles. The van der Waals surface area contributed by atoms with Crippen LogP contribution >= 0.6 is 0 Å². The third-order valence-corrected chi connectivity index (χ3v) is 16.8. The molecular weight excluding hydrogens is 1060 g/mol. The van der Waals surface area contributed by atoms with Gasteiger partial charge in [-0.15, -0.1) is 6.42 Å². The van der Waals surface area contributed by atoms with Gasteiger partial charge in [-0.05, 0) is 91.3 Å². The van der Waals surface area contributed by atoms with E-state index in [1.807, 2.05) is 0 Å². The number of piperidine rings is 1. The SMILES string of the molecule is C#Cc1c(F)ccc2cc(O)cc(-c3ncc4c(N5CC6CCC(C5)N6)nc(OCC5(CN6CCC[C@H](OCC(=O)N[C@H](C(=O)N7C[C@H](O)C[C@H]7C(=O)N[C@@H](CO)c7ccc(-c8ccccc8F)cc7)C(C)(C)C)C6)CC5)nc4c3F)c12. The average Bonchev–Trinajstić information content (AvgIpc) is 2.09. The first-order valence-corrected chi connectivity index (χ1v) is 28.2. The third kappa shape index (κ3) is 11.8. The van der Waals surface area contributed by atoms with Gasteiger partial charge in [0.1, 0.15) is 53.1 Å². The minimum atomic E-state index is -1.09. The highest BCUT2D eigenvalue weighted by Gasteiger charge is 2.47. The maximum Gasteiger partial charge on any atom is 0.319 e. The summed E-state index contributed by atoms with van der Waals surface area (Å²) in [5, 5.41) is 42.3. The molecule has 4 aromatic carbocycles. The second-order valence-corrected chi connectivity index (χ2v) is 23.9. The van der Waals surface area contributed by atoms with Crippen LogP contribution < -0.4 is 25.6 Å². The normalized spacial score (nSPS) is 22.2. The number of aliphatic hydroxyl groups excluding tert-OH is 2. The first kappa shape index (κ1) is 56.5. The van der Waals surface area contributed by atoms with Crippen molar-refractivity contribution in [2.45, 2.75) is 108 Å². The molecule has 2 bridgehead atoms. The van der Waals surface area contributed by atoms with E-state index in [9.17, 15) is 34.1 Å². The van der Waals surface area contributed by atoms with E-state index < -0.39 is 65.6 Å². The molecule has 1 saturated carbocycles. The molecule has 4 aliphatic heterocycles. The topological polar surface area (TPSA) is 215 Å². The molecule has 0 spiro atoms. The van der Waals surface area contributed by atoms with Gasteiger partial charge >= 0.3 is 6.01 Å². The lowest BCUT2D eigenvalue weighted by atomic mass is 9.85. The summed E-state index contributed by atoms with van der Waals surface area (Å²) in [5.41, 5.74) is 0.359. The smallest absolute Gasteiger partial charge is 0.319 e. The lowest BCUT2D eigenvalue weighted by Crippen LogP contribution is -2.58. The molecule has 7 atom stereocenters. The molecule has 6 aromatic rings. The summed E-state index contributed by atoms with van der Waals surface area (Å²) in [7, 11) is 0. The number of likely N-dealkylation sites (tertiary alicyclic amines) is 2. The summed E-state index contributed by atoms with van der Waals surface area (Å²) >= 11 is 0. The molecule has 4 saturated heterocycles. The van der Waals surface area contributed by atoms with Crippen LogP contribution in [0.1, 0.15) is 82.9 Å². The number of hydrogen-bond donors (Lipinski definition) is 6. The second-order valence-electron chi connectivity index (χ2n) is 23.9. The first-order valence-electron chi connectivity index (χ1n) is 28.2. The Morgan fingerprint density at radius 3 is 2.39 bits per heavy atom. The van der Waals surface area contributed by atoms with Crippen LogP contribution in [0.2, 0.25) is 0 Å². The van der Waals surface area contributed by atoms with Crippen molar-refractivity contribution in [2.24, 2.45) is 10.8 Å². The number of carbonyl (C=O) groups is 3. The molecule has 3 amide bonds. The van der Waals surface area contributed by atoms with E-state index in [1.54, 1.807) is 63.2 Å². The number of piperazine rings is 1. The van der Waals surface area contributed by atoms with E-state index >= 15 is 8.78 Å². The Morgan fingerprint density at radius 2 is 1.68 bits per heavy atom. The molecule has 11 rings (SSSR count). The fourth-order valence-corrected chi connectivity index (χ4v) is 12.4. The van der Waals surface area contributed by atoms with Crippen molar-refractivity contribution in [1.82, 2.24) is 40.7 Å². The number of nitrogens with one attached hydrogen (secondary N) is 3.